The molecule has 114 valence electrons. The summed E-state index contributed by atoms with van der Waals surface area (Å²) < 4.78 is 5.38. The van der Waals surface area contributed by atoms with Crippen molar-refractivity contribution in [2.45, 2.75) is 19.8 Å². The van der Waals surface area contributed by atoms with Gasteiger partial charge < -0.3 is 9.32 Å². The molecule has 0 radical (unpaired) electrons. The molecule has 0 bridgehead atoms. The van der Waals surface area contributed by atoms with Gasteiger partial charge in [-0.2, -0.15) is 0 Å². The number of carbonyl (C=O) groups is 2. The van der Waals surface area contributed by atoms with E-state index in [4.69, 9.17) is 4.42 Å². The molecule has 1 aromatic carbocycles. The number of aryl methyl sites for hydroxylation is 1. The zero-order valence-corrected chi connectivity index (χ0v) is 12.6. The summed E-state index contributed by atoms with van der Waals surface area (Å²) in [5.41, 5.74) is 0.758. The van der Waals surface area contributed by atoms with E-state index < -0.39 is 0 Å². The number of benzene rings is 1. The summed E-state index contributed by atoms with van der Waals surface area (Å²) >= 11 is 0. The van der Waals surface area contributed by atoms with Gasteiger partial charge >= 0.3 is 0 Å². The number of nitrogens with zero attached hydrogens (tertiary/aromatic N) is 1. The van der Waals surface area contributed by atoms with Crippen LogP contribution in [0.15, 0.2) is 46.9 Å². The van der Waals surface area contributed by atoms with Gasteiger partial charge in [-0.3, -0.25) is 9.59 Å². The second-order valence-electron chi connectivity index (χ2n) is 5.71. The lowest BCUT2D eigenvalue weighted by molar-refractivity contribution is 0.0623. The lowest BCUT2D eigenvalue weighted by atomic mass is 9.89. The van der Waals surface area contributed by atoms with Gasteiger partial charge in [-0.1, -0.05) is 30.3 Å². The molecule has 1 amide bonds. The first-order valence-corrected chi connectivity index (χ1v) is 7.60. The Morgan fingerprint density at radius 1 is 1.05 bits per heavy atom. The Hall–Kier alpha value is -2.36. The van der Waals surface area contributed by atoms with E-state index in [-0.39, 0.29) is 17.6 Å². The van der Waals surface area contributed by atoms with Gasteiger partial charge in [0.25, 0.3) is 5.91 Å². The van der Waals surface area contributed by atoms with E-state index in [1.165, 1.54) is 0 Å². The van der Waals surface area contributed by atoms with Gasteiger partial charge in [0, 0.05) is 24.6 Å². The molecule has 22 heavy (non-hydrogen) atoms. The zero-order chi connectivity index (χ0) is 15.5. The second-order valence-corrected chi connectivity index (χ2v) is 5.71. The molecular formula is C18H19NO3. The lowest BCUT2D eigenvalue weighted by Gasteiger charge is -2.30. The maximum atomic E-state index is 12.4. The van der Waals surface area contributed by atoms with Crippen LogP contribution in [0.3, 0.4) is 0 Å². The van der Waals surface area contributed by atoms with Crippen molar-refractivity contribution in [3.63, 3.8) is 0 Å². The van der Waals surface area contributed by atoms with Crippen molar-refractivity contribution < 1.29 is 14.0 Å². The fourth-order valence-electron chi connectivity index (χ4n) is 2.89. The van der Waals surface area contributed by atoms with E-state index >= 15 is 0 Å². The molecule has 1 fully saturated rings. The van der Waals surface area contributed by atoms with Crippen LogP contribution in [0.1, 0.15) is 39.5 Å². The van der Waals surface area contributed by atoms with Crippen LogP contribution >= 0.6 is 0 Å². The van der Waals surface area contributed by atoms with E-state index in [1.54, 1.807) is 17.0 Å². The predicted molar refractivity (Wildman–Crippen MR) is 82.8 cm³/mol. The molecule has 0 saturated carbocycles. The van der Waals surface area contributed by atoms with Crippen molar-refractivity contribution in [2.75, 3.05) is 13.1 Å². The molecule has 1 saturated heterocycles. The largest absolute Gasteiger partial charge is 0.456 e. The lowest BCUT2D eigenvalue weighted by Crippen LogP contribution is -2.40. The molecule has 1 aliphatic heterocycles. The van der Waals surface area contributed by atoms with Crippen LogP contribution in [-0.2, 0) is 0 Å². The van der Waals surface area contributed by atoms with Gasteiger partial charge in [0.1, 0.15) is 5.76 Å². The number of amides is 1. The molecule has 0 aliphatic carbocycles. The highest BCUT2D eigenvalue weighted by atomic mass is 16.3. The molecule has 0 spiro atoms. The smallest absolute Gasteiger partial charge is 0.289 e. The predicted octanol–water partition coefficient (Wildman–Crippen LogP) is 3.32. The Labute approximate surface area is 129 Å². The number of carbonyl (C=O) groups excluding carboxylic acids is 2. The highest BCUT2D eigenvalue weighted by Gasteiger charge is 2.29. The van der Waals surface area contributed by atoms with E-state index in [2.05, 4.69) is 0 Å². The summed E-state index contributed by atoms with van der Waals surface area (Å²) in [5.74, 6) is 1.22. The fraction of sp³-hybridized carbons (Fsp3) is 0.333. The Balaban J connectivity index is 1.61. The molecule has 0 N–H and O–H groups in total. The second kappa shape index (κ2) is 6.18. The van der Waals surface area contributed by atoms with Crippen LogP contribution in [-0.4, -0.2) is 29.7 Å². The minimum Gasteiger partial charge on any atom is -0.456 e. The van der Waals surface area contributed by atoms with Crippen molar-refractivity contribution >= 4 is 11.7 Å². The first-order valence-electron chi connectivity index (χ1n) is 7.60. The first-order chi connectivity index (χ1) is 10.6. The molecule has 2 heterocycles. The molecule has 2 aromatic rings. The monoisotopic (exact) mass is 297 g/mol. The topological polar surface area (TPSA) is 50.5 Å². The third-order valence-electron chi connectivity index (χ3n) is 4.16. The van der Waals surface area contributed by atoms with Crippen LogP contribution in [0.25, 0.3) is 0 Å². The van der Waals surface area contributed by atoms with Crippen molar-refractivity contribution in [3.05, 3.63) is 59.5 Å². The molecular weight excluding hydrogens is 278 g/mol. The van der Waals surface area contributed by atoms with Crippen LogP contribution < -0.4 is 0 Å². The number of hydrogen-bond donors (Lipinski definition) is 0. The van der Waals surface area contributed by atoms with Crippen molar-refractivity contribution in [3.8, 4) is 0 Å². The number of piperidine rings is 1. The molecule has 0 unspecified atom stereocenters. The van der Waals surface area contributed by atoms with E-state index in [9.17, 15) is 9.59 Å². The van der Waals surface area contributed by atoms with Crippen molar-refractivity contribution in [2.24, 2.45) is 5.92 Å². The Morgan fingerprint density at radius 3 is 2.32 bits per heavy atom. The van der Waals surface area contributed by atoms with Gasteiger partial charge in [-0.05, 0) is 31.9 Å². The highest BCUT2D eigenvalue weighted by molar-refractivity contribution is 5.98. The number of likely N-dealkylation sites (tertiary alicyclic amines) is 1. The minimum absolute atomic E-state index is 0.00443. The van der Waals surface area contributed by atoms with Crippen LogP contribution in [0.4, 0.5) is 0 Å². The molecule has 1 aliphatic rings. The quantitative estimate of drug-likeness (QED) is 0.817. The average Bonchev–Trinajstić information content (AvgIpc) is 3.01. The number of hydrogen-bond acceptors (Lipinski definition) is 3. The van der Waals surface area contributed by atoms with E-state index in [0.29, 0.717) is 31.7 Å². The highest BCUT2D eigenvalue weighted by Crippen LogP contribution is 2.23. The zero-order valence-electron chi connectivity index (χ0n) is 12.6. The molecule has 4 nitrogen and oxygen atoms in total. The van der Waals surface area contributed by atoms with Crippen LogP contribution in [0.2, 0.25) is 0 Å². The van der Waals surface area contributed by atoms with Crippen LogP contribution in [0, 0.1) is 12.8 Å². The van der Waals surface area contributed by atoms with Crippen molar-refractivity contribution in [1.29, 1.82) is 0 Å². The fourth-order valence-corrected chi connectivity index (χ4v) is 2.89. The maximum Gasteiger partial charge on any atom is 0.289 e. The van der Waals surface area contributed by atoms with E-state index in [1.807, 2.05) is 37.3 Å². The summed E-state index contributed by atoms with van der Waals surface area (Å²) in [6.07, 6.45) is 1.41. The van der Waals surface area contributed by atoms with Gasteiger partial charge in [-0.15, -0.1) is 0 Å². The molecule has 3 rings (SSSR count). The molecule has 4 heteroatoms. The van der Waals surface area contributed by atoms with E-state index in [0.717, 1.165) is 11.3 Å². The Morgan fingerprint density at radius 2 is 1.73 bits per heavy atom. The maximum absolute atomic E-state index is 12.4. The van der Waals surface area contributed by atoms with Gasteiger partial charge in [-0.25, -0.2) is 0 Å². The van der Waals surface area contributed by atoms with Crippen LogP contribution in [0.5, 0.6) is 0 Å². The molecule has 1 aromatic heterocycles. The Bertz CT molecular complexity index is 667. The summed E-state index contributed by atoms with van der Waals surface area (Å²) in [7, 11) is 0. The van der Waals surface area contributed by atoms with Gasteiger partial charge in [0.15, 0.2) is 11.5 Å². The third kappa shape index (κ3) is 2.96. The number of furan rings is 1. The summed E-state index contributed by atoms with van der Waals surface area (Å²) in [5, 5.41) is 0. The average molecular weight is 297 g/mol. The summed E-state index contributed by atoms with van der Waals surface area (Å²) in [4.78, 5) is 26.5. The number of ketones is 1. The number of Topliss-reactive ketones (excluding diaryl/α,β-unsaturated/α-hetero) is 1. The summed E-state index contributed by atoms with van der Waals surface area (Å²) in [6.45, 7) is 3.02. The number of rotatable bonds is 3. The van der Waals surface area contributed by atoms with Gasteiger partial charge in [0.05, 0.1) is 0 Å². The standard InChI is InChI=1S/C18H19NO3/c1-13-7-8-16(22-13)18(21)19-11-9-15(10-12-19)17(20)14-5-3-2-4-6-14/h2-8,15H,9-12H2,1H3. The van der Waals surface area contributed by atoms with Gasteiger partial charge in [0.2, 0.25) is 0 Å². The minimum atomic E-state index is -0.0845. The van der Waals surface area contributed by atoms with Crippen molar-refractivity contribution in [1.82, 2.24) is 4.90 Å². The molecule has 0 atom stereocenters. The normalized spacial score (nSPS) is 15.8. The summed E-state index contributed by atoms with van der Waals surface area (Å²) in [6, 6.07) is 12.9. The Kier molecular flexibility index (Phi) is 4.09. The first kappa shape index (κ1) is 14.6. The SMILES string of the molecule is Cc1ccc(C(=O)N2CCC(C(=O)c3ccccc3)CC2)o1. The third-order valence-corrected chi connectivity index (χ3v) is 4.16.